The van der Waals surface area contributed by atoms with Crippen molar-refractivity contribution in [1.82, 2.24) is 5.32 Å². The second-order valence-corrected chi connectivity index (χ2v) is 5.40. The highest BCUT2D eigenvalue weighted by molar-refractivity contribution is 9.10. The van der Waals surface area contributed by atoms with Gasteiger partial charge in [-0.3, -0.25) is 0 Å². The van der Waals surface area contributed by atoms with Crippen LogP contribution in [0.3, 0.4) is 0 Å². The fourth-order valence-corrected chi connectivity index (χ4v) is 2.39. The Morgan fingerprint density at radius 1 is 1.53 bits per heavy atom. The number of rotatable bonds is 4. The van der Waals surface area contributed by atoms with Gasteiger partial charge in [0.2, 0.25) is 0 Å². The molecule has 2 rings (SSSR count). The SMILES string of the molecule is CCC1CC1NCc1ccc(Cl)c(Br)c1. The molecule has 3 heteroatoms. The van der Waals surface area contributed by atoms with Crippen molar-refractivity contribution in [3.8, 4) is 0 Å². The average Bonchev–Trinajstić information content (AvgIpc) is 2.98. The Morgan fingerprint density at radius 2 is 2.33 bits per heavy atom. The molecule has 1 aliphatic carbocycles. The van der Waals surface area contributed by atoms with E-state index in [-0.39, 0.29) is 0 Å². The molecule has 1 aromatic rings. The van der Waals surface area contributed by atoms with Crippen molar-refractivity contribution in [2.75, 3.05) is 0 Å². The molecule has 0 spiro atoms. The van der Waals surface area contributed by atoms with Gasteiger partial charge in [-0.05, 0) is 46.0 Å². The van der Waals surface area contributed by atoms with Crippen LogP contribution in [0.5, 0.6) is 0 Å². The van der Waals surface area contributed by atoms with E-state index < -0.39 is 0 Å². The normalized spacial score (nSPS) is 24.2. The molecule has 1 aliphatic rings. The second kappa shape index (κ2) is 4.86. The summed E-state index contributed by atoms with van der Waals surface area (Å²) in [5, 5.41) is 4.33. The highest BCUT2D eigenvalue weighted by Crippen LogP contribution is 2.33. The molecule has 0 aromatic heterocycles. The van der Waals surface area contributed by atoms with Gasteiger partial charge in [-0.15, -0.1) is 0 Å². The average molecular weight is 289 g/mol. The van der Waals surface area contributed by atoms with E-state index in [9.17, 15) is 0 Å². The zero-order valence-corrected chi connectivity index (χ0v) is 11.1. The first kappa shape index (κ1) is 11.4. The third-order valence-corrected chi connectivity index (χ3v) is 4.21. The summed E-state index contributed by atoms with van der Waals surface area (Å²) in [5.74, 6) is 0.903. The maximum atomic E-state index is 5.93. The molecule has 1 saturated carbocycles. The van der Waals surface area contributed by atoms with Gasteiger partial charge in [-0.25, -0.2) is 0 Å². The van der Waals surface area contributed by atoms with E-state index in [4.69, 9.17) is 11.6 Å². The topological polar surface area (TPSA) is 12.0 Å². The van der Waals surface area contributed by atoms with Crippen molar-refractivity contribution in [1.29, 1.82) is 0 Å². The second-order valence-electron chi connectivity index (χ2n) is 4.14. The van der Waals surface area contributed by atoms with Gasteiger partial charge in [0.15, 0.2) is 0 Å². The summed E-state index contributed by atoms with van der Waals surface area (Å²) in [6.07, 6.45) is 2.63. The van der Waals surface area contributed by atoms with E-state index >= 15 is 0 Å². The van der Waals surface area contributed by atoms with Crippen LogP contribution in [0.2, 0.25) is 5.02 Å². The van der Waals surface area contributed by atoms with Gasteiger partial charge in [0.25, 0.3) is 0 Å². The molecule has 2 atom stereocenters. The number of halogens is 2. The number of nitrogens with one attached hydrogen (secondary N) is 1. The van der Waals surface area contributed by atoms with Gasteiger partial charge in [-0.1, -0.05) is 31.0 Å². The maximum absolute atomic E-state index is 5.93. The molecular weight excluding hydrogens is 273 g/mol. The molecule has 1 N–H and O–H groups in total. The Balaban J connectivity index is 1.86. The lowest BCUT2D eigenvalue weighted by Crippen LogP contribution is -2.17. The van der Waals surface area contributed by atoms with E-state index in [1.54, 1.807) is 0 Å². The number of hydrogen-bond acceptors (Lipinski definition) is 1. The first-order chi connectivity index (χ1) is 7.20. The van der Waals surface area contributed by atoms with Crippen LogP contribution in [0.15, 0.2) is 22.7 Å². The van der Waals surface area contributed by atoms with Crippen molar-refractivity contribution < 1.29 is 0 Å². The van der Waals surface area contributed by atoms with E-state index in [1.165, 1.54) is 18.4 Å². The Morgan fingerprint density at radius 3 is 2.93 bits per heavy atom. The van der Waals surface area contributed by atoms with E-state index in [0.717, 1.165) is 28.0 Å². The molecule has 0 saturated heterocycles. The Bertz CT molecular complexity index is 353. The molecule has 0 amide bonds. The van der Waals surface area contributed by atoms with Crippen LogP contribution in [0.4, 0.5) is 0 Å². The Labute approximate surface area is 104 Å². The molecule has 0 radical (unpaired) electrons. The largest absolute Gasteiger partial charge is 0.310 e. The minimum absolute atomic E-state index is 0.740. The van der Waals surface area contributed by atoms with Crippen LogP contribution in [-0.4, -0.2) is 6.04 Å². The lowest BCUT2D eigenvalue weighted by molar-refractivity contribution is 0.623. The minimum Gasteiger partial charge on any atom is -0.310 e. The molecule has 0 aliphatic heterocycles. The Kier molecular flexibility index (Phi) is 3.70. The summed E-state index contributed by atoms with van der Waals surface area (Å²) in [6.45, 7) is 3.20. The summed E-state index contributed by atoms with van der Waals surface area (Å²) in [4.78, 5) is 0. The lowest BCUT2D eigenvalue weighted by Gasteiger charge is -2.05. The van der Waals surface area contributed by atoms with Crippen LogP contribution >= 0.6 is 27.5 Å². The van der Waals surface area contributed by atoms with E-state index in [1.807, 2.05) is 6.07 Å². The molecule has 1 nitrogen and oxygen atoms in total. The molecular formula is C12H15BrClN. The summed E-state index contributed by atoms with van der Waals surface area (Å²) in [7, 11) is 0. The predicted molar refractivity (Wildman–Crippen MR) is 68.2 cm³/mol. The van der Waals surface area contributed by atoms with Crippen LogP contribution < -0.4 is 5.32 Å². The zero-order chi connectivity index (χ0) is 10.8. The number of hydrogen-bond donors (Lipinski definition) is 1. The molecule has 1 fully saturated rings. The first-order valence-electron chi connectivity index (χ1n) is 5.38. The minimum atomic E-state index is 0.740. The first-order valence-corrected chi connectivity index (χ1v) is 6.55. The summed E-state index contributed by atoms with van der Waals surface area (Å²) in [5.41, 5.74) is 1.29. The molecule has 2 unspecified atom stereocenters. The van der Waals surface area contributed by atoms with Crippen LogP contribution in [0, 0.1) is 5.92 Å². The van der Waals surface area contributed by atoms with Crippen molar-refractivity contribution in [3.63, 3.8) is 0 Å². The van der Waals surface area contributed by atoms with Crippen molar-refractivity contribution in [2.24, 2.45) is 5.92 Å². The fraction of sp³-hybridized carbons (Fsp3) is 0.500. The van der Waals surface area contributed by atoms with E-state index in [0.29, 0.717) is 0 Å². The summed E-state index contributed by atoms with van der Waals surface area (Å²) < 4.78 is 0.978. The zero-order valence-electron chi connectivity index (χ0n) is 8.76. The van der Waals surface area contributed by atoms with Crippen molar-refractivity contribution in [2.45, 2.75) is 32.4 Å². The van der Waals surface area contributed by atoms with Gasteiger partial charge in [0, 0.05) is 17.1 Å². The van der Waals surface area contributed by atoms with Gasteiger partial charge in [-0.2, -0.15) is 0 Å². The van der Waals surface area contributed by atoms with Gasteiger partial charge < -0.3 is 5.32 Å². The summed E-state index contributed by atoms with van der Waals surface area (Å²) >= 11 is 9.37. The smallest absolute Gasteiger partial charge is 0.0548 e. The molecule has 15 heavy (non-hydrogen) atoms. The quantitative estimate of drug-likeness (QED) is 0.883. The van der Waals surface area contributed by atoms with Crippen LogP contribution in [-0.2, 0) is 6.54 Å². The van der Waals surface area contributed by atoms with Crippen molar-refractivity contribution in [3.05, 3.63) is 33.3 Å². The monoisotopic (exact) mass is 287 g/mol. The van der Waals surface area contributed by atoms with Crippen molar-refractivity contribution >= 4 is 27.5 Å². The molecule has 1 aromatic carbocycles. The van der Waals surface area contributed by atoms with Gasteiger partial charge in [0.1, 0.15) is 0 Å². The third-order valence-electron chi connectivity index (χ3n) is 3.00. The molecule has 82 valence electrons. The number of benzene rings is 1. The predicted octanol–water partition coefficient (Wildman–Crippen LogP) is 3.99. The molecule has 0 bridgehead atoms. The fourth-order valence-electron chi connectivity index (χ4n) is 1.85. The maximum Gasteiger partial charge on any atom is 0.0548 e. The third kappa shape index (κ3) is 2.96. The summed E-state index contributed by atoms with van der Waals surface area (Å²) in [6, 6.07) is 6.83. The highest BCUT2D eigenvalue weighted by atomic mass is 79.9. The van der Waals surface area contributed by atoms with Crippen LogP contribution in [0.25, 0.3) is 0 Å². The lowest BCUT2D eigenvalue weighted by atomic mass is 10.2. The van der Waals surface area contributed by atoms with Crippen LogP contribution in [0.1, 0.15) is 25.3 Å². The van der Waals surface area contributed by atoms with Gasteiger partial charge >= 0.3 is 0 Å². The highest BCUT2D eigenvalue weighted by Gasteiger charge is 2.34. The molecule has 0 heterocycles. The van der Waals surface area contributed by atoms with E-state index in [2.05, 4.69) is 40.3 Å². The Hall–Kier alpha value is -0.0500. The van der Waals surface area contributed by atoms with Gasteiger partial charge in [0.05, 0.1) is 5.02 Å². The standard InChI is InChI=1S/C12H15BrClN/c1-2-9-6-12(9)15-7-8-3-4-11(14)10(13)5-8/h3-5,9,12,15H,2,6-7H2,1H3.